The van der Waals surface area contributed by atoms with Crippen molar-refractivity contribution >= 4 is 5.91 Å². The number of benzene rings is 2. The summed E-state index contributed by atoms with van der Waals surface area (Å²) < 4.78 is 5.49. The number of carbonyl (C=O) groups is 1. The molecule has 1 N–H and O–H groups in total. The summed E-state index contributed by atoms with van der Waals surface area (Å²) in [6.45, 7) is 4.41. The normalized spacial score (nSPS) is 19.5. The monoisotopic (exact) mass is 430 g/mol. The van der Waals surface area contributed by atoms with Gasteiger partial charge in [0.1, 0.15) is 0 Å². The number of aromatic nitrogens is 2. The fourth-order valence-electron chi connectivity index (χ4n) is 4.96. The Kier molecular flexibility index (Phi) is 6.04. The summed E-state index contributed by atoms with van der Waals surface area (Å²) >= 11 is 0. The van der Waals surface area contributed by atoms with E-state index in [1.807, 2.05) is 12.1 Å². The smallest absolute Gasteiger partial charge is 0.241 e. The van der Waals surface area contributed by atoms with E-state index < -0.39 is 0 Å². The Morgan fingerprint density at radius 1 is 1.12 bits per heavy atom. The molecule has 6 nitrogen and oxygen atoms in total. The van der Waals surface area contributed by atoms with Crippen LogP contribution in [0.4, 0.5) is 0 Å². The maximum Gasteiger partial charge on any atom is 0.241 e. The van der Waals surface area contributed by atoms with E-state index in [9.17, 15) is 4.79 Å². The van der Waals surface area contributed by atoms with Crippen molar-refractivity contribution in [3.63, 3.8) is 0 Å². The molecule has 5 rings (SSSR count). The second kappa shape index (κ2) is 9.25. The largest absolute Gasteiger partial charge is 0.349 e. The first-order valence-electron chi connectivity index (χ1n) is 11.7. The van der Waals surface area contributed by atoms with Crippen molar-refractivity contribution in [2.75, 3.05) is 13.1 Å². The predicted molar refractivity (Wildman–Crippen MR) is 123 cm³/mol. The van der Waals surface area contributed by atoms with Gasteiger partial charge in [-0.25, -0.2) is 0 Å². The number of rotatable bonds is 5. The van der Waals surface area contributed by atoms with Crippen molar-refractivity contribution < 1.29 is 9.32 Å². The summed E-state index contributed by atoms with van der Waals surface area (Å²) in [4.78, 5) is 19.8. The highest BCUT2D eigenvalue weighted by Gasteiger charge is 2.29. The zero-order valence-electron chi connectivity index (χ0n) is 18.6. The third kappa shape index (κ3) is 4.60. The molecule has 0 bridgehead atoms. The standard InChI is InChI=1S/C26H30N4O2/c1-18-6-4-9-21(16-18)25-28-24(32-29-25)17-30-14-12-20(13-15-30)26(31)27-23-11-5-8-19-7-2-3-10-22(19)23/h2-4,6-7,9-10,16,20,23H,5,8,11-15,17H2,1H3,(H,27,31). The maximum atomic E-state index is 13.0. The Morgan fingerprint density at radius 3 is 2.81 bits per heavy atom. The van der Waals surface area contributed by atoms with Gasteiger partial charge < -0.3 is 9.84 Å². The summed E-state index contributed by atoms with van der Waals surface area (Å²) in [6.07, 6.45) is 5.00. The Hall–Kier alpha value is -2.99. The van der Waals surface area contributed by atoms with Crippen molar-refractivity contribution in [2.24, 2.45) is 5.92 Å². The number of likely N-dealkylation sites (tertiary alicyclic amines) is 1. The zero-order valence-corrected chi connectivity index (χ0v) is 18.6. The molecule has 32 heavy (non-hydrogen) atoms. The van der Waals surface area contributed by atoms with Crippen LogP contribution in [0.25, 0.3) is 11.4 Å². The van der Waals surface area contributed by atoms with Gasteiger partial charge in [0.15, 0.2) is 0 Å². The average Bonchev–Trinajstić information content (AvgIpc) is 3.28. The fraction of sp³-hybridized carbons (Fsp3) is 0.423. The van der Waals surface area contributed by atoms with Crippen molar-refractivity contribution in [3.05, 3.63) is 71.1 Å². The molecule has 0 radical (unpaired) electrons. The van der Waals surface area contributed by atoms with Crippen LogP contribution in [0.15, 0.2) is 53.1 Å². The van der Waals surface area contributed by atoms with E-state index in [4.69, 9.17) is 4.52 Å². The molecule has 6 heteroatoms. The SMILES string of the molecule is Cc1cccc(-c2noc(CN3CCC(C(=O)NC4CCCc5ccccc54)CC3)n2)c1. The molecule has 2 heterocycles. The summed E-state index contributed by atoms with van der Waals surface area (Å²) in [5.41, 5.74) is 4.82. The molecule has 0 spiro atoms. The molecule has 1 saturated heterocycles. The van der Waals surface area contributed by atoms with Crippen molar-refractivity contribution in [3.8, 4) is 11.4 Å². The lowest BCUT2D eigenvalue weighted by atomic mass is 9.87. The van der Waals surface area contributed by atoms with Crippen molar-refractivity contribution in [1.82, 2.24) is 20.4 Å². The van der Waals surface area contributed by atoms with Gasteiger partial charge in [-0.3, -0.25) is 9.69 Å². The molecule has 166 valence electrons. The molecular formula is C26H30N4O2. The van der Waals surface area contributed by atoms with E-state index in [1.54, 1.807) is 0 Å². The van der Waals surface area contributed by atoms with Gasteiger partial charge in [0.05, 0.1) is 12.6 Å². The van der Waals surface area contributed by atoms with Crippen LogP contribution >= 0.6 is 0 Å². The lowest BCUT2D eigenvalue weighted by Gasteiger charge is -2.32. The Balaban J connectivity index is 1.14. The van der Waals surface area contributed by atoms with E-state index in [-0.39, 0.29) is 17.9 Å². The van der Waals surface area contributed by atoms with Gasteiger partial charge in [-0.2, -0.15) is 4.98 Å². The third-order valence-electron chi connectivity index (χ3n) is 6.75. The summed E-state index contributed by atoms with van der Waals surface area (Å²) in [7, 11) is 0. The number of hydrogen-bond acceptors (Lipinski definition) is 5. The Labute approximate surface area is 189 Å². The first-order chi connectivity index (χ1) is 15.7. The van der Waals surface area contributed by atoms with Gasteiger partial charge in [-0.05, 0) is 69.3 Å². The van der Waals surface area contributed by atoms with Gasteiger partial charge in [0.25, 0.3) is 0 Å². The van der Waals surface area contributed by atoms with Gasteiger partial charge >= 0.3 is 0 Å². The minimum Gasteiger partial charge on any atom is -0.349 e. The molecule has 2 aromatic carbocycles. The highest BCUT2D eigenvalue weighted by Crippen LogP contribution is 2.30. The maximum absolute atomic E-state index is 13.0. The molecule has 1 amide bonds. The minimum atomic E-state index is 0.0749. The molecule has 1 fully saturated rings. The first kappa shape index (κ1) is 20.9. The van der Waals surface area contributed by atoms with Crippen LogP contribution in [0.5, 0.6) is 0 Å². The quantitative estimate of drug-likeness (QED) is 0.647. The van der Waals surface area contributed by atoms with Crippen molar-refractivity contribution in [2.45, 2.75) is 51.6 Å². The van der Waals surface area contributed by atoms with Crippen LogP contribution in [0.2, 0.25) is 0 Å². The van der Waals surface area contributed by atoms with Gasteiger partial charge in [-0.15, -0.1) is 0 Å². The van der Waals surface area contributed by atoms with Gasteiger partial charge in [-0.1, -0.05) is 53.2 Å². The second-order valence-corrected chi connectivity index (χ2v) is 9.08. The number of carbonyl (C=O) groups excluding carboxylic acids is 1. The van der Waals surface area contributed by atoms with Crippen LogP contribution in [-0.2, 0) is 17.8 Å². The first-order valence-corrected chi connectivity index (χ1v) is 11.7. The molecule has 1 atom stereocenters. The number of hydrogen-bond donors (Lipinski definition) is 1. The van der Waals surface area contributed by atoms with Crippen LogP contribution in [0, 0.1) is 12.8 Å². The average molecular weight is 431 g/mol. The molecule has 0 saturated carbocycles. The lowest BCUT2D eigenvalue weighted by Crippen LogP contribution is -2.41. The molecule has 3 aromatic rings. The van der Waals surface area contributed by atoms with Crippen LogP contribution in [0.1, 0.15) is 54.3 Å². The number of piperidine rings is 1. The van der Waals surface area contributed by atoms with E-state index in [0.29, 0.717) is 18.3 Å². The predicted octanol–water partition coefficient (Wildman–Crippen LogP) is 4.45. The second-order valence-electron chi connectivity index (χ2n) is 9.08. The zero-order chi connectivity index (χ0) is 21.9. The molecule has 2 aliphatic rings. The molecular weight excluding hydrogens is 400 g/mol. The van der Waals surface area contributed by atoms with Gasteiger partial charge in [0.2, 0.25) is 17.6 Å². The van der Waals surface area contributed by atoms with E-state index in [0.717, 1.165) is 50.8 Å². The van der Waals surface area contributed by atoms with E-state index >= 15 is 0 Å². The van der Waals surface area contributed by atoms with Crippen LogP contribution < -0.4 is 5.32 Å². The Morgan fingerprint density at radius 2 is 1.97 bits per heavy atom. The molecule has 1 aliphatic carbocycles. The molecule has 1 unspecified atom stereocenters. The Bertz CT molecular complexity index is 1080. The van der Waals surface area contributed by atoms with Crippen molar-refractivity contribution in [1.29, 1.82) is 0 Å². The number of aryl methyl sites for hydroxylation is 2. The minimum absolute atomic E-state index is 0.0749. The van der Waals surface area contributed by atoms with E-state index in [2.05, 4.69) is 63.7 Å². The van der Waals surface area contributed by atoms with Crippen LogP contribution in [0.3, 0.4) is 0 Å². The fourth-order valence-corrected chi connectivity index (χ4v) is 4.96. The molecule has 1 aromatic heterocycles. The summed E-state index contributed by atoms with van der Waals surface area (Å²) in [6, 6.07) is 16.8. The van der Waals surface area contributed by atoms with Crippen LogP contribution in [-0.4, -0.2) is 34.0 Å². The highest BCUT2D eigenvalue weighted by atomic mass is 16.5. The topological polar surface area (TPSA) is 71.3 Å². The highest BCUT2D eigenvalue weighted by molar-refractivity contribution is 5.79. The van der Waals surface area contributed by atoms with Gasteiger partial charge in [0, 0.05) is 11.5 Å². The summed E-state index contributed by atoms with van der Waals surface area (Å²) in [5.74, 6) is 1.53. The number of amides is 1. The number of fused-ring (bicyclic) bond motifs is 1. The third-order valence-corrected chi connectivity index (χ3v) is 6.75. The lowest BCUT2D eigenvalue weighted by molar-refractivity contribution is -0.127. The number of nitrogens with zero attached hydrogens (tertiary/aromatic N) is 3. The van der Waals surface area contributed by atoms with E-state index in [1.165, 1.54) is 16.7 Å². The number of nitrogens with one attached hydrogen (secondary N) is 1. The summed E-state index contributed by atoms with van der Waals surface area (Å²) in [5, 5.41) is 7.48. The molecule has 1 aliphatic heterocycles.